The standard InChI is InChI=1S/C10H11NO2/c12-10(13)8-3-1-7(2-4-8)9-5-6-11-9/h1-4,9,11H,5-6H2,(H,12,13)/t9-/m0/s1. The van der Waals surface area contributed by atoms with Crippen molar-refractivity contribution >= 4 is 5.97 Å². The van der Waals surface area contributed by atoms with Gasteiger partial charge in [0.15, 0.2) is 0 Å². The van der Waals surface area contributed by atoms with Crippen molar-refractivity contribution in [3.8, 4) is 0 Å². The Kier molecular flexibility index (Phi) is 2.02. The first-order valence-corrected chi connectivity index (χ1v) is 4.34. The highest BCUT2D eigenvalue weighted by molar-refractivity contribution is 5.87. The van der Waals surface area contributed by atoms with Gasteiger partial charge in [-0.3, -0.25) is 0 Å². The van der Waals surface area contributed by atoms with E-state index in [1.165, 1.54) is 5.56 Å². The molecule has 1 aromatic rings. The number of aromatic carboxylic acids is 1. The summed E-state index contributed by atoms with van der Waals surface area (Å²) in [5, 5.41) is 11.9. The Morgan fingerprint density at radius 2 is 2.00 bits per heavy atom. The number of carbonyl (C=O) groups is 1. The fraction of sp³-hybridized carbons (Fsp3) is 0.300. The minimum absolute atomic E-state index is 0.350. The van der Waals surface area contributed by atoms with E-state index in [1.54, 1.807) is 12.1 Å². The van der Waals surface area contributed by atoms with Gasteiger partial charge in [0.05, 0.1) is 5.56 Å². The smallest absolute Gasteiger partial charge is 0.335 e. The summed E-state index contributed by atoms with van der Waals surface area (Å²) in [5.41, 5.74) is 1.53. The third kappa shape index (κ3) is 1.55. The molecule has 1 saturated heterocycles. The van der Waals surface area contributed by atoms with Gasteiger partial charge in [-0.1, -0.05) is 12.1 Å². The second kappa shape index (κ2) is 3.18. The van der Waals surface area contributed by atoms with Crippen LogP contribution in [0.2, 0.25) is 0 Å². The van der Waals surface area contributed by atoms with Crippen molar-refractivity contribution in [2.75, 3.05) is 6.54 Å². The number of hydrogen-bond donors (Lipinski definition) is 2. The molecule has 1 heterocycles. The van der Waals surface area contributed by atoms with E-state index in [2.05, 4.69) is 5.32 Å². The van der Waals surface area contributed by atoms with Crippen LogP contribution in [-0.4, -0.2) is 17.6 Å². The number of rotatable bonds is 2. The van der Waals surface area contributed by atoms with Crippen molar-refractivity contribution in [3.05, 3.63) is 35.4 Å². The minimum Gasteiger partial charge on any atom is -0.478 e. The van der Waals surface area contributed by atoms with Crippen molar-refractivity contribution < 1.29 is 9.90 Å². The molecule has 0 aromatic heterocycles. The van der Waals surface area contributed by atoms with Crippen LogP contribution in [0.4, 0.5) is 0 Å². The summed E-state index contributed by atoms with van der Waals surface area (Å²) in [6, 6.07) is 7.48. The van der Waals surface area contributed by atoms with E-state index < -0.39 is 5.97 Å². The van der Waals surface area contributed by atoms with Crippen molar-refractivity contribution in [3.63, 3.8) is 0 Å². The molecule has 2 rings (SSSR count). The maximum Gasteiger partial charge on any atom is 0.335 e. The molecule has 0 unspecified atom stereocenters. The quantitative estimate of drug-likeness (QED) is 0.718. The van der Waals surface area contributed by atoms with Crippen LogP contribution < -0.4 is 5.32 Å². The van der Waals surface area contributed by atoms with Crippen molar-refractivity contribution in [2.45, 2.75) is 12.5 Å². The highest BCUT2D eigenvalue weighted by Crippen LogP contribution is 2.22. The van der Waals surface area contributed by atoms with Gasteiger partial charge in [-0.2, -0.15) is 0 Å². The van der Waals surface area contributed by atoms with Gasteiger partial charge in [0.25, 0.3) is 0 Å². The van der Waals surface area contributed by atoms with E-state index in [4.69, 9.17) is 5.11 Å². The predicted molar refractivity (Wildman–Crippen MR) is 48.8 cm³/mol. The average molecular weight is 177 g/mol. The van der Waals surface area contributed by atoms with Crippen molar-refractivity contribution in [1.82, 2.24) is 5.32 Å². The van der Waals surface area contributed by atoms with Crippen molar-refractivity contribution in [1.29, 1.82) is 0 Å². The predicted octanol–water partition coefficient (Wildman–Crippen LogP) is 1.42. The van der Waals surface area contributed by atoms with Gasteiger partial charge in [0.2, 0.25) is 0 Å². The highest BCUT2D eigenvalue weighted by atomic mass is 16.4. The third-order valence-electron chi connectivity index (χ3n) is 2.38. The Morgan fingerprint density at radius 3 is 2.38 bits per heavy atom. The molecule has 1 aliphatic heterocycles. The Hall–Kier alpha value is -1.35. The zero-order valence-corrected chi connectivity index (χ0v) is 7.16. The molecule has 1 atom stereocenters. The summed E-state index contributed by atoms with van der Waals surface area (Å²) in [7, 11) is 0. The normalized spacial score (nSPS) is 20.8. The van der Waals surface area contributed by atoms with Gasteiger partial charge in [-0.25, -0.2) is 4.79 Å². The average Bonchev–Trinajstić information content (AvgIpc) is 2.02. The lowest BCUT2D eigenvalue weighted by molar-refractivity contribution is 0.0697. The van der Waals surface area contributed by atoms with E-state index in [0.717, 1.165) is 13.0 Å². The van der Waals surface area contributed by atoms with Crippen LogP contribution in [0.25, 0.3) is 0 Å². The Bertz CT molecular complexity index is 314. The first-order chi connectivity index (χ1) is 6.27. The highest BCUT2D eigenvalue weighted by Gasteiger charge is 2.18. The molecule has 0 radical (unpaired) electrons. The third-order valence-corrected chi connectivity index (χ3v) is 2.38. The summed E-state index contributed by atoms with van der Waals surface area (Å²) < 4.78 is 0. The molecular weight excluding hydrogens is 166 g/mol. The molecular formula is C10H11NO2. The van der Waals surface area contributed by atoms with Gasteiger partial charge in [-0.05, 0) is 30.7 Å². The molecule has 0 bridgehead atoms. The first kappa shape index (κ1) is 8.26. The van der Waals surface area contributed by atoms with E-state index in [1.807, 2.05) is 12.1 Å². The maximum atomic E-state index is 10.5. The number of carboxylic acid groups (broad SMARTS) is 1. The van der Waals surface area contributed by atoms with E-state index >= 15 is 0 Å². The summed E-state index contributed by atoms with van der Waals surface area (Å²) >= 11 is 0. The Morgan fingerprint density at radius 1 is 1.38 bits per heavy atom. The van der Waals surface area contributed by atoms with Crippen LogP contribution in [0, 0.1) is 0 Å². The number of benzene rings is 1. The zero-order chi connectivity index (χ0) is 9.26. The summed E-state index contributed by atoms with van der Waals surface area (Å²) in [6.07, 6.45) is 1.15. The number of hydrogen-bond acceptors (Lipinski definition) is 2. The first-order valence-electron chi connectivity index (χ1n) is 4.34. The van der Waals surface area contributed by atoms with Crippen LogP contribution in [-0.2, 0) is 0 Å². The van der Waals surface area contributed by atoms with E-state index in [-0.39, 0.29) is 0 Å². The lowest BCUT2D eigenvalue weighted by Crippen LogP contribution is -2.34. The van der Waals surface area contributed by atoms with E-state index in [0.29, 0.717) is 11.6 Å². The van der Waals surface area contributed by atoms with Gasteiger partial charge in [0.1, 0.15) is 0 Å². The van der Waals surface area contributed by atoms with Gasteiger partial charge < -0.3 is 10.4 Å². The Balaban J connectivity index is 2.17. The maximum absolute atomic E-state index is 10.5. The molecule has 3 nitrogen and oxygen atoms in total. The summed E-state index contributed by atoms with van der Waals surface area (Å²) in [6.45, 7) is 1.06. The van der Waals surface area contributed by atoms with Crippen LogP contribution in [0.3, 0.4) is 0 Å². The lowest BCUT2D eigenvalue weighted by Gasteiger charge is -2.27. The second-order valence-corrected chi connectivity index (χ2v) is 3.22. The molecule has 0 aliphatic carbocycles. The molecule has 1 aliphatic rings. The number of carboxylic acids is 1. The summed E-state index contributed by atoms with van der Waals surface area (Å²) in [5.74, 6) is -0.867. The molecule has 13 heavy (non-hydrogen) atoms. The van der Waals surface area contributed by atoms with E-state index in [9.17, 15) is 4.79 Å². The minimum atomic E-state index is -0.867. The monoisotopic (exact) mass is 177 g/mol. The van der Waals surface area contributed by atoms with Gasteiger partial charge in [0, 0.05) is 6.04 Å². The fourth-order valence-corrected chi connectivity index (χ4v) is 1.43. The lowest BCUT2D eigenvalue weighted by atomic mass is 9.97. The van der Waals surface area contributed by atoms with Crippen LogP contribution in [0.1, 0.15) is 28.4 Å². The zero-order valence-electron chi connectivity index (χ0n) is 7.16. The molecule has 0 spiro atoms. The van der Waals surface area contributed by atoms with Crippen LogP contribution >= 0.6 is 0 Å². The van der Waals surface area contributed by atoms with Gasteiger partial charge >= 0.3 is 5.97 Å². The molecule has 0 amide bonds. The second-order valence-electron chi connectivity index (χ2n) is 3.22. The Labute approximate surface area is 76.4 Å². The number of nitrogens with one attached hydrogen (secondary N) is 1. The van der Waals surface area contributed by atoms with Crippen LogP contribution in [0.5, 0.6) is 0 Å². The molecule has 2 N–H and O–H groups in total. The topological polar surface area (TPSA) is 49.3 Å². The molecule has 1 fully saturated rings. The molecule has 3 heteroatoms. The van der Waals surface area contributed by atoms with Crippen molar-refractivity contribution in [2.24, 2.45) is 0 Å². The van der Waals surface area contributed by atoms with Crippen LogP contribution in [0.15, 0.2) is 24.3 Å². The molecule has 0 saturated carbocycles. The molecule has 68 valence electrons. The van der Waals surface area contributed by atoms with Gasteiger partial charge in [-0.15, -0.1) is 0 Å². The molecule has 1 aromatic carbocycles. The largest absolute Gasteiger partial charge is 0.478 e. The SMILES string of the molecule is O=C(O)c1ccc([C@@H]2CCN2)cc1. The summed E-state index contributed by atoms with van der Waals surface area (Å²) in [4.78, 5) is 10.5. The fourth-order valence-electron chi connectivity index (χ4n) is 1.43.